The number of rotatable bonds is 4. The number of aliphatic hydroxyl groups excluding tert-OH is 1. The van der Waals surface area contributed by atoms with Gasteiger partial charge in [0, 0.05) is 25.1 Å². The Bertz CT molecular complexity index is 553. The molecule has 2 N–H and O–H groups in total. The molecule has 0 aliphatic heterocycles. The van der Waals surface area contributed by atoms with Gasteiger partial charge < -0.3 is 15.3 Å². The van der Waals surface area contributed by atoms with Gasteiger partial charge in [0.25, 0.3) is 0 Å². The molecule has 0 radical (unpaired) electrons. The maximum Gasteiger partial charge on any atom is 0.317 e. The van der Waals surface area contributed by atoms with Crippen molar-refractivity contribution in [1.82, 2.24) is 10.2 Å². The molecule has 2 rings (SSSR count). The first-order valence-corrected chi connectivity index (χ1v) is 8.03. The maximum absolute atomic E-state index is 13.8. The quantitative estimate of drug-likeness (QED) is 0.892. The largest absolute Gasteiger partial charge is 0.393 e. The average molecular weight is 326 g/mol. The topological polar surface area (TPSA) is 52.6 Å². The van der Waals surface area contributed by atoms with E-state index < -0.39 is 17.7 Å². The van der Waals surface area contributed by atoms with Crippen LogP contribution in [0.25, 0.3) is 0 Å². The van der Waals surface area contributed by atoms with Gasteiger partial charge >= 0.3 is 6.03 Å². The third-order valence-electron chi connectivity index (χ3n) is 4.51. The Kier molecular flexibility index (Phi) is 5.93. The summed E-state index contributed by atoms with van der Waals surface area (Å²) in [6.45, 7) is 2.06. The zero-order chi connectivity index (χ0) is 17.0. The lowest BCUT2D eigenvalue weighted by molar-refractivity contribution is 0.0563. The molecular formula is C17H24F2N2O2. The predicted octanol–water partition coefficient (Wildman–Crippen LogP) is 3.22. The summed E-state index contributed by atoms with van der Waals surface area (Å²) in [6, 6.07) is 2.91. The number of amides is 2. The zero-order valence-corrected chi connectivity index (χ0v) is 13.6. The Balaban J connectivity index is 1.93. The predicted molar refractivity (Wildman–Crippen MR) is 83.9 cm³/mol. The molecule has 0 aromatic heterocycles. The fourth-order valence-electron chi connectivity index (χ4n) is 3.06. The monoisotopic (exact) mass is 326 g/mol. The summed E-state index contributed by atoms with van der Waals surface area (Å²) in [5.74, 6) is -1.80. The molecule has 3 atom stereocenters. The van der Waals surface area contributed by atoms with Crippen LogP contribution in [0, 0.1) is 17.6 Å². The van der Waals surface area contributed by atoms with E-state index in [9.17, 15) is 18.7 Å². The number of carbonyl (C=O) groups excluding carboxylic acids is 1. The van der Waals surface area contributed by atoms with Crippen LogP contribution in [-0.2, 0) is 0 Å². The van der Waals surface area contributed by atoms with Gasteiger partial charge in [-0.3, -0.25) is 0 Å². The molecule has 0 heterocycles. The van der Waals surface area contributed by atoms with Crippen molar-refractivity contribution in [3.8, 4) is 0 Å². The lowest BCUT2D eigenvalue weighted by Gasteiger charge is -2.31. The van der Waals surface area contributed by atoms with E-state index in [-0.39, 0.29) is 23.6 Å². The number of carbonyl (C=O) groups is 1. The SMILES string of the molecule is C[C@H](NC(=O)N(C)C[C@@H]1CCCC[C@@H]1O)c1cccc(F)c1F. The van der Waals surface area contributed by atoms with Crippen LogP contribution in [0.4, 0.5) is 13.6 Å². The van der Waals surface area contributed by atoms with E-state index in [0.29, 0.717) is 6.54 Å². The van der Waals surface area contributed by atoms with Gasteiger partial charge in [0.1, 0.15) is 0 Å². The molecule has 0 bridgehead atoms. The van der Waals surface area contributed by atoms with Crippen molar-refractivity contribution in [3.63, 3.8) is 0 Å². The van der Waals surface area contributed by atoms with E-state index in [1.54, 1.807) is 14.0 Å². The summed E-state index contributed by atoms with van der Waals surface area (Å²) in [7, 11) is 1.64. The van der Waals surface area contributed by atoms with Gasteiger partial charge in [-0.25, -0.2) is 13.6 Å². The van der Waals surface area contributed by atoms with Gasteiger partial charge in [0.2, 0.25) is 0 Å². The molecule has 6 heteroatoms. The first-order valence-electron chi connectivity index (χ1n) is 8.03. The van der Waals surface area contributed by atoms with Gasteiger partial charge in [-0.1, -0.05) is 25.0 Å². The van der Waals surface area contributed by atoms with Crippen molar-refractivity contribution in [2.45, 2.75) is 44.8 Å². The van der Waals surface area contributed by atoms with E-state index in [4.69, 9.17) is 0 Å². The van der Waals surface area contributed by atoms with Crippen LogP contribution in [0.3, 0.4) is 0 Å². The number of nitrogens with zero attached hydrogens (tertiary/aromatic N) is 1. The minimum absolute atomic E-state index is 0.0701. The third kappa shape index (κ3) is 4.41. The fourth-order valence-corrected chi connectivity index (χ4v) is 3.06. The normalized spacial score (nSPS) is 22.5. The first kappa shape index (κ1) is 17.7. The molecule has 0 saturated heterocycles. The van der Waals surface area contributed by atoms with Crippen molar-refractivity contribution >= 4 is 6.03 Å². The van der Waals surface area contributed by atoms with Crippen LogP contribution >= 0.6 is 0 Å². The number of aliphatic hydroxyl groups is 1. The molecule has 23 heavy (non-hydrogen) atoms. The number of hydrogen-bond donors (Lipinski definition) is 2. The molecule has 4 nitrogen and oxygen atoms in total. The summed E-state index contributed by atoms with van der Waals surface area (Å²) < 4.78 is 27.0. The standard InChI is InChI=1S/C17H24F2N2O2/c1-11(13-7-5-8-14(18)16(13)19)20-17(23)21(2)10-12-6-3-4-9-15(12)22/h5,7-8,11-12,15,22H,3-4,6,9-10H2,1-2H3,(H,20,23)/t11-,12-,15-/m0/s1. The third-order valence-corrected chi connectivity index (χ3v) is 4.51. The van der Waals surface area contributed by atoms with Crippen molar-refractivity contribution in [3.05, 3.63) is 35.4 Å². The highest BCUT2D eigenvalue weighted by atomic mass is 19.2. The molecule has 1 saturated carbocycles. The molecule has 2 amide bonds. The highest BCUT2D eigenvalue weighted by Crippen LogP contribution is 2.25. The van der Waals surface area contributed by atoms with Gasteiger partial charge in [0.05, 0.1) is 12.1 Å². The van der Waals surface area contributed by atoms with E-state index >= 15 is 0 Å². The van der Waals surface area contributed by atoms with Gasteiger partial charge in [-0.05, 0) is 25.8 Å². The number of hydrogen-bond acceptors (Lipinski definition) is 2. The number of nitrogens with one attached hydrogen (secondary N) is 1. The first-order chi connectivity index (χ1) is 10.9. The molecule has 1 aromatic rings. The van der Waals surface area contributed by atoms with Gasteiger partial charge in [0.15, 0.2) is 11.6 Å². The van der Waals surface area contributed by atoms with Gasteiger partial charge in [-0.2, -0.15) is 0 Å². The average Bonchev–Trinajstić information content (AvgIpc) is 2.52. The second-order valence-corrected chi connectivity index (χ2v) is 6.31. The minimum atomic E-state index is -0.939. The van der Waals surface area contributed by atoms with Gasteiger partial charge in [-0.15, -0.1) is 0 Å². The Labute approximate surface area is 135 Å². The zero-order valence-electron chi connectivity index (χ0n) is 13.6. The molecular weight excluding hydrogens is 302 g/mol. The molecule has 1 fully saturated rings. The molecule has 1 aromatic carbocycles. The highest BCUT2D eigenvalue weighted by Gasteiger charge is 2.26. The Morgan fingerprint density at radius 2 is 2.09 bits per heavy atom. The smallest absolute Gasteiger partial charge is 0.317 e. The maximum atomic E-state index is 13.8. The summed E-state index contributed by atoms with van der Waals surface area (Å²) in [4.78, 5) is 13.7. The van der Waals surface area contributed by atoms with Crippen LogP contribution in [0.1, 0.15) is 44.2 Å². The fraction of sp³-hybridized carbons (Fsp3) is 0.588. The number of halogens is 2. The van der Waals surface area contributed by atoms with Crippen molar-refractivity contribution in [2.24, 2.45) is 5.92 Å². The number of benzene rings is 1. The molecule has 128 valence electrons. The van der Waals surface area contributed by atoms with E-state index in [2.05, 4.69) is 5.32 Å². The van der Waals surface area contributed by atoms with Crippen molar-refractivity contribution < 1.29 is 18.7 Å². The molecule has 0 unspecified atom stereocenters. The summed E-state index contributed by atoms with van der Waals surface area (Å²) in [5, 5.41) is 12.6. The van der Waals surface area contributed by atoms with Crippen LogP contribution in [-0.4, -0.2) is 35.7 Å². The summed E-state index contributed by atoms with van der Waals surface area (Å²) in [6.07, 6.45) is 3.36. The second-order valence-electron chi connectivity index (χ2n) is 6.31. The van der Waals surface area contributed by atoms with Crippen LogP contribution in [0.5, 0.6) is 0 Å². The minimum Gasteiger partial charge on any atom is -0.393 e. The van der Waals surface area contributed by atoms with Crippen LogP contribution < -0.4 is 5.32 Å². The van der Waals surface area contributed by atoms with Crippen LogP contribution in [0.15, 0.2) is 18.2 Å². The highest BCUT2D eigenvalue weighted by molar-refractivity contribution is 5.74. The van der Waals surface area contributed by atoms with E-state index in [1.165, 1.54) is 17.0 Å². The Morgan fingerprint density at radius 3 is 2.78 bits per heavy atom. The summed E-state index contributed by atoms with van der Waals surface area (Å²) >= 11 is 0. The summed E-state index contributed by atoms with van der Waals surface area (Å²) in [5.41, 5.74) is 0.115. The molecule has 1 aliphatic rings. The Morgan fingerprint density at radius 1 is 1.39 bits per heavy atom. The lowest BCUT2D eigenvalue weighted by Crippen LogP contribution is -2.43. The van der Waals surface area contributed by atoms with Crippen LogP contribution in [0.2, 0.25) is 0 Å². The molecule has 1 aliphatic carbocycles. The molecule has 0 spiro atoms. The number of urea groups is 1. The second kappa shape index (κ2) is 7.73. The van der Waals surface area contributed by atoms with E-state index in [0.717, 1.165) is 31.7 Å². The lowest BCUT2D eigenvalue weighted by atomic mass is 9.86. The Hall–Kier alpha value is -1.69. The van der Waals surface area contributed by atoms with Crippen molar-refractivity contribution in [2.75, 3.05) is 13.6 Å². The van der Waals surface area contributed by atoms with Crippen molar-refractivity contribution in [1.29, 1.82) is 0 Å². The van der Waals surface area contributed by atoms with E-state index in [1.807, 2.05) is 0 Å².